The standard InChI is InChI=1S/C26H26BrF3N4O/c1-14(25-11-15-7-16(12-25)9-17(8-15)13-25)31-24(35)22-21(27)23-32-19(18-5-3-2-4-6-18)10-20(26(28,29)30)34(23)33-22/h2-6,10,14-17H,7-9,11-13H2,1H3,(H,31,35)/t14-,15?,16?,17?,25?/m0/s1. The number of benzene rings is 1. The Balaban J connectivity index is 1.35. The minimum absolute atomic E-state index is 0.0358. The summed E-state index contributed by atoms with van der Waals surface area (Å²) in [6.07, 6.45) is 2.58. The maximum Gasteiger partial charge on any atom is 0.433 e. The molecule has 1 aromatic carbocycles. The third kappa shape index (κ3) is 3.86. The molecule has 7 rings (SSSR count). The van der Waals surface area contributed by atoms with Crippen LogP contribution in [0, 0.1) is 23.2 Å². The van der Waals surface area contributed by atoms with Crippen molar-refractivity contribution in [3.63, 3.8) is 0 Å². The van der Waals surface area contributed by atoms with Crippen molar-refractivity contribution in [3.8, 4) is 11.3 Å². The molecule has 9 heteroatoms. The van der Waals surface area contributed by atoms with Gasteiger partial charge in [0.05, 0.1) is 10.2 Å². The molecule has 4 fully saturated rings. The molecule has 5 nitrogen and oxygen atoms in total. The summed E-state index contributed by atoms with van der Waals surface area (Å²) in [5, 5.41) is 7.19. The number of alkyl halides is 3. The number of aromatic nitrogens is 3. The molecule has 1 atom stereocenters. The second kappa shape index (κ2) is 8.05. The van der Waals surface area contributed by atoms with Crippen molar-refractivity contribution in [2.75, 3.05) is 0 Å². The van der Waals surface area contributed by atoms with Gasteiger partial charge in [0.1, 0.15) is 0 Å². The molecule has 0 radical (unpaired) electrons. The summed E-state index contributed by atoms with van der Waals surface area (Å²) in [4.78, 5) is 17.8. The van der Waals surface area contributed by atoms with E-state index in [-0.39, 0.29) is 33.0 Å². The monoisotopic (exact) mass is 546 g/mol. The van der Waals surface area contributed by atoms with E-state index in [0.29, 0.717) is 5.56 Å². The lowest BCUT2D eigenvalue weighted by Crippen LogP contribution is -2.55. The molecule has 4 bridgehead atoms. The molecule has 4 aliphatic carbocycles. The second-order valence-electron chi connectivity index (χ2n) is 10.8. The smallest absolute Gasteiger partial charge is 0.348 e. The van der Waals surface area contributed by atoms with Crippen LogP contribution in [0.25, 0.3) is 16.9 Å². The maximum atomic E-state index is 14.0. The van der Waals surface area contributed by atoms with E-state index in [0.717, 1.165) is 47.6 Å². The van der Waals surface area contributed by atoms with Crippen molar-refractivity contribution in [1.29, 1.82) is 0 Å². The highest BCUT2D eigenvalue weighted by Gasteiger charge is 2.53. The Morgan fingerprint density at radius 2 is 1.71 bits per heavy atom. The predicted molar refractivity (Wildman–Crippen MR) is 129 cm³/mol. The zero-order chi connectivity index (χ0) is 24.5. The fraction of sp³-hybridized carbons (Fsp3) is 0.500. The van der Waals surface area contributed by atoms with E-state index in [1.54, 1.807) is 30.3 Å². The molecular weight excluding hydrogens is 521 g/mol. The van der Waals surface area contributed by atoms with Gasteiger partial charge in [-0.2, -0.15) is 18.3 Å². The molecule has 0 unspecified atom stereocenters. The van der Waals surface area contributed by atoms with Gasteiger partial charge in [0, 0.05) is 11.6 Å². The maximum absolute atomic E-state index is 14.0. The van der Waals surface area contributed by atoms with Crippen LogP contribution < -0.4 is 5.32 Å². The molecule has 3 aromatic rings. The number of hydrogen-bond donors (Lipinski definition) is 1. The lowest BCUT2D eigenvalue weighted by Gasteiger charge is -2.59. The van der Waals surface area contributed by atoms with Gasteiger partial charge in [0.2, 0.25) is 0 Å². The van der Waals surface area contributed by atoms with Crippen molar-refractivity contribution >= 4 is 27.5 Å². The summed E-state index contributed by atoms with van der Waals surface area (Å²) in [7, 11) is 0. The van der Waals surface area contributed by atoms with Crippen molar-refractivity contribution < 1.29 is 18.0 Å². The van der Waals surface area contributed by atoms with Gasteiger partial charge in [-0.1, -0.05) is 30.3 Å². The fourth-order valence-corrected chi connectivity index (χ4v) is 7.74. The van der Waals surface area contributed by atoms with E-state index in [1.165, 1.54) is 19.3 Å². The second-order valence-corrected chi connectivity index (χ2v) is 11.6. The Labute approximate surface area is 209 Å². The third-order valence-corrected chi connectivity index (χ3v) is 9.19. The number of carbonyl (C=O) groups excluding carboxylic acids is 1. The molecule has 1 N–H and O–H groups in total. The molecule has 0 spiro atoms. The molecule has 2 heterocycles. The van der Waals surface area contributed by atoms with Crippen LogP contribution in [0.4, 0.5) is 13.2 Å². The first-order valence-electron chi connectivity index (χ1n) is 12.2. The molecule has 2 aromatic heterocycles. The zero-order valence-corrected chi connectivity index (χ0v) is 20.9. The van der Waals surface area contributed by atoms with E-state index >= 15 is 0 Å². The van der Waals surface area contributed by atoms with Gasteiger partial charge in [0.15, 0.2) is 17.0 Å². The van der Waals surface area contributed by atoms with Gasteiger partial charge in [-0.3, -0.25) is 4.79 Å². The van der Waals surface area contributed by atoms with Crippen LogP contribution in [-0.2, 0) is 6.18 Å². The average Bonchev–Trinajstić information content (AvgIpc) is 3.14. The van der Waals surface area contributed by atoms with Crippen molar-refractivity contribution in [3.05, 3.63) is 52.3 Å². The van der Waals surface area contributed by atoms with Gasteiger partial charge in [-0.25, -0.2) is 9.50 Å². The Hall–Kier alpha value is -2.42. The quantitative estimate of drug-likeness (QED) is 0.405. The lowest BCUT2D eigenvalue weighted by atomic mass is 9.48. The number of carbonyl (C=O) groups is 1. The Bertz CT molecular complexity index is 1270. The number of halogens is 4. The summed E-state index contributed by atoms with van der Waals surface area (Å²) >= 11 is 3.34. The molecule has 4 saturated carbocycles. The van der Waals surface area contributed by atoms with Crippen molar-refractivity contribution in [1.82, 2.24) is 19.9 Å². The van der Waals surface area contributed by atoms with Crippen molar-refractivity contribution in [2.24, 2.45) is 23.2 Å². The van der Waals surface area contributed by atoms with Crippen LogP contribution in [0.3, 0.4) is 0 Å². The summed E-state index contributed by atoms with van der Waals surface area (Å²) < 4.78 is 42.8. The fourth-order valence-electron chi connectivity index (χ4n) is 7.22. The molecule has 0 saturated heterocycles. The summed E-state index contributed by atoms with van der Waals surface area (Å²) in [5.74, 6) is 1.73. The van der Waals surface area contributed by atoms with Crippen molar-refractivity contribution in [2.45, 2.75) is 57.7 Å². The van der Waals surface area contributed by atoms with Gasteiger partial charge in [-0.15, -0.1) is 0 Å². The lowest BCUT2D eigenvalue weighted by molar-refractivity contribution is -0.142. The molecule has 0 aliphatic heterocycles. The number of nitrogens with zero attached hydrogens (tertiary/aromatic N) is 3. The first-order chi connectivity index (χ1) is 16.6. The number of nitrogens with one attached hydrogen (secondary N) is 1. The largest absolute Gasteiger partial charge is 0.433 e. The molecule has 1 amide bonds. The van der Waals surface area contributed by atoms with E-state index in [1.807, 2.05) is 6.92 Å². The van der Waals surface area contributed by atoms with Crippen LogP contribution >= 0.6 is 15.9 Å². The molecule has 35 heavy (non-hydrogen) atoms. The number of amides is 1. The Morgan fingerprint density at radius 3 is 2.29 bits per heavy atom. The predicted octanol–water partition coefficient (Wildman–Crippen LogP) is 6.51. The van der Waals surface area contributed by atoms with E-state index in [4.69, 9.17) is 0 Å². The Morgan fingerprint density at radius 1 is 1.11 bits per heavy atom. The highest BCUT2D eigenvalue weighted by atomic mass is 79.9. The molecule has 4 aliphatic rings. The number of rotatable bonds is 4. The minimum atomic E-state index is -4.67. The summed E-state index contributed by atoms with van der Waals surface area (Å²) in [6, 6.07) is 9.56. The summed E-state index contributed by atoms with van der Waals surface area (Å²) in [6.45, 7) is 2.04. The minimum Gasteiger partial charge on any atom is -0.348 e. The van der Waals surface area contributed by atoms with Crippen LogP contribution in [0.5, 0.6) is 0 Å². The van der Waals surface area contributed by atoms with Gasteiger partial charge >= 0.3 is 6.18 Å². The first-order valence-corrected chi connectivity index (χ1v) is 12.9. The van der Waals surface area contributed by atoms with Gasteiger partial charge in [-0.05, 0) is 90.6 Å². The van der Waals surface area contributed by atoms with Crippen LogP contribution in [0.1, 0.15) is 61.6 Å². The van der Waals surface area contributed by atoms with Crippen LogP contribution in [0.15, 0.2) is 40.9 Å². The van der Waals surface area contributed by atoms with Gasteiger partial charge in [0.25, 0.3) is 5.91 Å². The van der Waals surface area contributed by atoms with E-state index in [9.17, 15) is 18.0 Å². The topological polar surface area (TPSA) is 59.3 Å². The number of fused-ring (bicyclic) bond motifs is 1. The van der Waals surface area contributed by atoms with Crippen LogP contribution in [0.2, 0.25) is 0 Å². The van der Waals surface area contributed by atoms with Gasteiger partial charge < -0.3 is 5.32 Å². The average molecular weight is 547 g/mol. The first kappa shape index (κ1) is 23.0. The highest BCUT2D eigenvalue weighted by molar-refractivity contribution is 9.10. The highest BCUT2D eigenvalue weighted by Crippen LogP contribution is 2.61. The van der Waals surface area contributed by atoms with E-state index < -0.39 is 17.8 Å². The molecular formula is C26H26BrF3N4O. The SMILES string of the molecule is C[C@H](NC(=O)c1nn2c(C(F)(F)F)cc(-c3ccccc3)nc2c1Br)C12CC3CC(CC(C3)C1)C2. The summed E-state index contributed by atoms with van der Waals surface area (Å²) in [5.41, 5.74) is -0.299. The third-order valence-electron chi connectivity index (χ3n) is 8.46. The Kier molecular flexibility index (Phi) is 5.29. The zero-order valence-electron chi connectivity index (χ0n) is 19.3. The van der Waals surface area contributed by atoms with E-state index in [2.05, 4.69) is 31.3 Å². The molecule has 184 valence electrons. The number of hydrogen-bond acceptors (Lipinski definition) is 3. The van der Waals surface area contributed by atoms with Crippen LogP contribution in [-0.4, -0.2) is 26.5 Å². The normalized spacial score (nSPS) is 28.4.